The molecule has 1 atom stereocenters. The molecule has 1 aliphatic heterocycles. The molecule has 0 aromatic carbocycles. The van der Waals surface area contributed by atoms with E-state index in [2.05, 4.69) is 10.3 Å². The van der Waals surface area contributed by atoms with Crippen LogP contribution in [-0.2, 0) is 16.6 Å². The maximum absolute atomic E-state index is 12.4. The molecule has 6 nitrogen and oxygen atoms in total. The lowest BCUT2D eigenvalue weighted by Crippen LogP contribution is -2.39. The van der Waals surface area contributed by atoms with Crippen molar-refractivity contribution in [1.82, 2.24) is 19.2 Å². The Bertz CT molecular complexity index is 506. The van der Waals surface area contributed by atoms with Gasteiger partial charge in [-0.2, -0.15) is 4.31 Å². The molecule has 0 amide bonds. The lowest BCUT2D eigenvalue weighted by atomic mass is 10.00. The van der Waals surface area contributed by atoms with Gasteiger partial charge in [0.1, 0.15) is 0 Å². The van der Waals surface area contributed by atoms with Crippen molar-refractivity contribution in [2.24, 2.45) is 5.92 Å². The molecule has 1 N–H and O–H groups in total. The van der Waals surface area contributed by atoms with E-state index in [1.807, 2.05) is 6.92 Å². The number of aryl methyl sites for hydroxylation is 1. The molecular formula is C12H22N4O2S. The Labute approximate surface area is 114 Å². The zero-order chi connectivity index (χ0) is 13.9. The first-order valence-electron chi connectivity index (χ1n) is 6.73. The molecule has 1 aromatic rings. The Morgan fingerprint density at radius 2 is 2.37 bits per heavy atom. The summed E-state index contributed by atoms with van der Waals surface area (Å²) in [6.45, 7) is 5.15. The average molecular weight is 286 g/mol. The first-order valence-corrected chi connectivity index (χ1v) is 8.17. The first kappa shape index (κ1) is 14.5. The summed E-state index contributed by atoms with van der Waals surface area (Å²) in [5.74, 6) is 0.391. The molecule has 0 saturated carbocycles. The van der Waals surface area contributed by atoms with Crippen LogP contribution in [0.25, 0.3) is 0 Å². The zero-order valence-electron chi connectivity index (χ0n) is 11.5. The molecule has 1 aliphatic rings. The van der Waals surface area contributed by atoms with Crippen molar-refractivity contribution < 1.29 is 8.42 Å². The molecule has 7 heteroatoms. The minimum atomic E-state index is -3.45. The highest BCUT2D eigenvalue weighted by atomic mass is 32.2. The van der Waals surface area contributed by atoms with E-state index in [1.54, 1.807) is 24.1 Å². The van der Waals surface area contributed by atoms with Gasteiger partial charge in [0.05, 0.1) is 6.33 Å². The minimum Gasteiger partial charge on any atom is -0.336 e. The Morgan fingerprint density at radius 1 is 1.58 bits per heavy atom. The second-order valence-corrected chi connectivity index (χ2v) is 7.03. The van der Waals surface area contributed by atoms with E-state index in [4.69, 9.17) is 0 Å². The summed E-state index contributed by atoms with van der Waals surface area (Å²) in [7, 11) is -1.82. The van der Waals surface area contributed by atoms with Gasteiger partial charge in [-0.15, -0.1) is 0 Å². The number of rotatable bonds is 5. The van der Waals surface area contributed by atoms with Gasteiger partial charge in [-0.25, -0.2) is 13.4 Å². The number of piperidine rings is 1. The van der Waals surface area contributed by atoms with E-state index in [0.717, 1.165) is 32.5 Å². The smallest absolute Gasteiger partial charge is 0.261 e. The number of hydrogen-bond acceptors (Lipinski definition) is 4. The molecule has 2 rings (SSSR count). The third-order valence-corrected chi connectivity index (χ3v) is 5.27. The summed E-state index contributed by atoms with van der Waals surface area (Å²) in [5.41, 5.74) is 0. The lowest BCUT2D eigenvalue weighted by molar-refractivity contribution is 0.314. The van der Waals surface area contributed by atoms with Gasteiger partial charge in [-0.05, 0) is 38.8 Å². The molecule has 1 saturated heterocycles. The van der Waals surface area contributed by atoms with E-state index in [0.29, 0.717) is 12.5 Å². The van der Waals surface area contributed by atoms with Gasteiger partial charge in [0.25, 0.3) is 10.0 Å². The normalized spacial score (nSPS) is 20.9. The summed E-state index contributed by atoms with van der Waals surface area (Å²) < 4.78 is 27.9. The van der Waals surface area contributed by atoms with Gasteiger partial charge in [-0.1, -0.05) is 0 Å². The van der Waals surface area contributed by atoms with Crippen molar-refractivity contribution in [3.63, 3.8) is 0 Å². The summed E-state index contributed by atoms with van der Waals surface area (Å²) in [5, 5.41) is 3.44. The fourth-order valence-corrected chi connectivity index (χ4v) is 3.52. The fraction of sp³-hybridized carbons (Fsp3) is 0.750. The molecule has 0 spiro atoms. The average Bonchev–Trinajstić information content (AvgIpc) is 2.89. The van der Waals surface area contributed by atoms with E-state index >= 15 is 0 Å². The molecule has 108 valence electrons. The van der Waals surface area contributed by atoms with Crippen LogP contribution in [0.1, 0.15) is 19.8 Å². The van der Waals surface area contributed by atoms with Gasteiger partial charge >= 0.3 is 0 Å². The topological polar surface area (TPSA) is 67.2 Å². The lowest BCUT2D eigenvalue weighted by Gasteiger charge is -2.26. The van der Waals surface area contributed by atoms with Crippen molar-refractivity contribution in [3.8, 4) is 0 Å². The minimum absolute atomic E-state index is 0.139. The number of imidazole rings is 1. The summed E-state index contributed by atoms with van der Waals surface area (Å²) in [6, 6.07) is 0. The maximum atomic E-state index is 12.4. The molecule has 0 radical (unpaired) electrons. The highest BCUT2D eigenvalue weighted by Crippen LogP contribution is 2.17. The van der Waals surface area contributed by atoms with Crippen LogP contribution in [0.2, 0.25) is 0 Å². The summed E-state index contributed by atoms with van der Waals surface area (Å²) >= 11 is 0. The van der Waals surface area contributed by atoms with Gasteiger partial charge in [0.2, 0.25) is 0 Å². The third-order valence-electron chi connectivity index (χ3n) is 3.56. The number of sulfonamides is 1. The van der Waals surface area contributed by atoms with Crippen LogP contribution < -0.4 is 5.32 Å². The second kappa shape index (κ2) is 6.02. The summed E-state index contributed by atoms with van der Waals surface area (Å²) in [4.78, 5) is 3.99. The highest BCUT2D eigenvalue weighted by molar-refractivity contribution is 7.89. The Kier molecular flexibility index (Phi) is 4.59. The maximum Gasteiger partial charge on any atom is 0.261 e. The molecule has 19 heavy (non-hydrogen) atoms. The first-order chi connectivity index (χ1) is 9.04. The number of nitrogens with one attached hydrogen (secondary N) is 1. The van der Waals surface area contributed by atoms with Crippen LogP contribution in [0, 0.1) is 5.92 Å². The molecule has 0 aliphatic carbocycles. The Morgan fingerprint density at radius 3 is 2.95 bits per heavy atom. The van der Waals surface area contributed by atoms with Crippen molar-refractivity contribution in [2.45, 2.75) is 31.3 Å². The molecule has 1 aromatic heterocycles. The summed E-state index contributed by atoms with van der Waals surface area (Å²) in [6.07, 6.45) is 5.34. The number of nitrogens with zero attached hydrogens (tertiary/aromatic N) is 3. The molecule has 2 heterocycles. The predicted molar refractivity (Wildman–Crippen MR) is 73.3 cm³/mol. The second-order valence-electron chi connectivity index (χ2n) is 5.04. The molecular weight excluding hydrogens is 264 g/mol. The zero-order valence-corrected chi connectivity index (χ0v) is 12.4. The predicted octanol–water partition coefficient (Wildman–Crippen LogP) is 0.523. The quantitative estimate of drug-likeness (QED) is 0.857. The Balaban J connectivity index is 2.05. The van der Waals surface area contributed by atoms with Crippen LogP contribution in [0.15, 0.2) is 17.6 Å². The van der Waals surface area contributed by atoms with E-state index in [9.17, 15) is 8.42 Å². The van der Waals surface area contributed by atoms with Gasteiger partial charge in [0, 0.05) is 26.3 Å². The highest BCUT2D eigenvalue weighted by Gasteiger charge is 2.26. The number of aromatic nitrogens is 2. The van der Waals surface area contributed by atoms with Gasteiger partial charge in [-0.3, -0.25) is 0 Å². The van der Waals surface area contributed by atoms with Crippen molar-refractivity contribution in [2.75, 3.05) is 26.7 Å². The molecule has 1 fully saturated rings. The van der Waals surface area contributed by atoms with Crippen LogP contribution in [-0.4, -0.2) is 49.0 Å². The van der Waals surface area contributed by atoms with Crippen LogP contribution >= 0.6 is 0 Å². The van der Waals surface area contributed by atoms with Gasteiger partial charge in [0.15, 0.2) is 5.03 Å². The van der Waals surface area contributed by atoms with Crippen molar-refractivity contribution in [3.05, 3.63) is 12.5 Å². The largest absolute Gasteiger partial charge is 0.336 e. The van der Waals surface area contributed by atoms with E-state index in [1.165, 1.54) is 4.31 Å². The SMILES string of the molecule is CCn1cnc(S(=O)(=O)N(C)CC2CCCNC2)c1. The van der Waals surface area contributed by atoms with Crippen LogP contribution in [0.3, 0.4) is 0 Å². The van der Waals surface area contributed by atoms with Crippen LogP contribution in [0.4, 0.5) is 0 Å². The monoisotopic (exact) mass is 286 g/mol. The van der Waals surface area contributed by atoms with E-state index in [-0.39, 0.29) is 5.03 Å². The van der Waals surface area contributed by atoms with E-state index < -0.39 is 10.0 Å². The molecule has 1 unspecified atom stereocenters. The fourth-order valence-electron chi connectivity index (χ4n) is 2.35. The third kappa shape index (κ3) is 3.34. The van der Waals surface area contributed by atoms with Crippen molar-refractivity contribution in [1.29, 1.82) is 0 Å². The molecule has 0 bridgehead atoms. The van der Waals surface area contributed by atoms with Gasteiger partial charge < -0.3 is 9.88 Å². The standard InChI is InChI=1S/C12H22N4O2S/c1-3-16-9-12(14-10-16)19(17,18)15(2)8-11-5-4-6-13-7-11/h9-11,13H,3-8H2,1-2H3. The number of hydrogen-bond donors (Lipinski definition) is 1. The Hall–Kier alpha value is -0.920. The van der Waals surface area contributed by atoms with Crippen LogP contribution in [0.5, 0.6) is 0 Å². The van der Waals surface area contributed by atoms with Crippen molar-refractivity contribution >= 4 is 10.0 Å².